The van der Waals surface area contributed by atoms with Gasteiger partial charge >= 0.3 is 5.97 Å². The Morgan fingerprint density at radius 2 is 2.29 bits per heavy atom. The van der Waals surface area contributed by atoms with E-state index in [2.05, 4.69) is 5.32 Å². The lowest BCUT2D eigenvalue weighted by Crippen LogP contribution is -2.08. The van der Waals surface area contributed by atoms with Gasteiger partial charge in [0, 0.05) is 6.92 Å². The number of carboxylic acids is 1. The van der Waals surface area contributed by atoms with Gasteiger partial charge < -0.3 is 10.4 Å². The maximum Gasteiger partial charge on any atom is 0.307 e. The normalized spacial score (nSPS) is 9.86. The summed E-state index contributed by atoms with van der Waals surface area (Å²) in [6.07, 6.45) is -0.140. The molecule has 0 unspecified atom stereocenters. The van der Waals surface area contributed by atoms with E-state index in [4.69, 9.17) is 16.7 Å². The van der Waals surface area contributed by atoms with Crippen LogP contribution < -0.4 is 5.32 Å². The number of amides is 1. The van der Waals surface area contributed by atoms with E-state index in [1.807, 2.05) is 0 Å². The van der Waals surface area contributed by atoms with Crippen LogP contribution in [0.1, 0.15) is 12.5 Å². The number of nitrogens with one attached hydrogen (secondary N) is 1. The molecule has 0 aromatic carbocycles. The Bertz CT molecular complexity index is 341. The lowest BCUT2D eigenvalue weighted by atomic mass is 10.2. The zero-order valence-electron chi connectivity index (χ0n) is 7.33. The van der Waals surface area contributed by atoms with Gasteiger partial charge in [0.25, 0.3) is 0 Å². The SMILES string of the molecule is CC(=O)Nc1sc(Cl)cc1CC(=O)O. The molecule has 76 valence electrons. The Morgan fingerprint density at radius 3 is 2.79 bits per heavy atom. The van der Waals surface area contributed by atoms with Gasteiger partial charge in [-0.3, -0.25) is 9.59 Å². The predicted octanol–water partition coefficient (Wildman–Crippen LogP) is 1.99. The summed E-state index contributed by atoms with van der Waals surface area (Å²) < 4.78 is 0.463. The van der Waals surface area contributed by atoms with Crippen molar-refractivity contribution in [1.29, 1.82) is 0 Å². The fraction of sp³-hybridized carbons (Fsp3) is 0.250. The van der Waals surface area contributed by atoms with Crippen molar-refractivity contribution < 1.29 is 14.7 Å². The third-order valence-corrected chi connectivity index (χ3v) is 2.63. The molecule has 0 bridgehead atoms. The number of hydrogen-bond acceptors (Lipinski definition) is 3. The van der Waals surface area contributed by atoms with Gasteiger partial charge in [-0.1, -0.05) is 11.6 Å². The van der Waals surface area contributed by atoms with E-state index < -0.39 is 5.97 Å². The Kier molecular flexibility index (Phi) is 3.49. The van der Waals surface area contributed by atoms with E-state index in [1.165, 1.54) is 6.92 Å². The van der Waals surface area contributed by atoms with Crippen LogP contribution in [-0.2, 0) is 16.0 Å². The lowest BCUT2D eigenvalue weighted by Gasteiger charge is -2.00. The molecule has 1 aromatic heterocycles. The van der Waals surface area contributed by atoms with Crippen LogP contribution in [0.15, 0.2) is 6.07 Å². The summed E-state index contributed by atoms with van der Waals surface area (Å²) in [7, 11) is 0. The van der Waals surface area contributed by atoms with E-state index in [1.54, 1.807) is 6.07 Å². The predicted molar refractivity (Wildman–Crippen MR) is 55.0 cm³/mol. The minimum Gasteiger partial charge on any atom is -0.481 e. The van der Waals surface area contributed by atoms with E-state index in [0.717, 1.165) is 11.3 Å². The first kappa shape index (κ1) is 11.0. The summed E-state index contributed by atoms with van der Waals surface area (Å²) >= 11 is 6.86. The molecule has 1 aromatic rings. The molecule has 14 heavy (non-hydrogen) atoms. The highest BCUT2D eigenvalue weighted by molar-refractivity contribution is 7.20. The Hall–Kier alpha value is -1.07. The molecule has 1 rings (SSSR count). The fourth-order valence-electron chi connectivity index (χ4n) is 0.955. The van der Waals surface area contributed by atoms with Gasteiger partial charge in [-0.05, 0) is 11.6 Å². The van der Waals surface area contributed by atoms with Gasteiger partial charge in [0.1, 0.15) is 5.00 Å². The minimum absolute atomic E-state index is 0.140. The summed E-state index contributed by atoms with van der Waals surface area (Å²) in [5.74, 6) is -1.19. The number of halogens is 1. The smallest absolute Gasteiger partial charge is 0.307 e. The molecule has 0 saturated heterocycles. The molecule has 0 aliphatic carbocycles. The van der Waals surface area contributed by atoms with Gasteiger partial charge in [-0.25, -0.2) is 0 Å². The summed E-state index contributed by atoms with van der Waals surface area (Å²) in [5.41, 5.74) is 0.530. The second-order valence-electron chi connectivity index (χ2n) is 2.66. The molecule has 0 spiro atoms. The summed E-state index contributed by atoms with van der Waals surface area (Å²) in [6.45, 7) is 1.36. The summed E-state index contributed by atoms with van der Waals surface area (Å²) in [5, 5.41) is 11.6. The van der Waals surface area contributed by atoms with Crippen LogP contribution in [-0.4, -0.2) is 17.0 Å². The Morgan fingerprint density at radius 1 is 1.64 bits per heavy atom. The molecule has 6 heteroatoms. The van der Waals surface area contributed by atoms with Crippen LogP contribution in [0, 0.1) is 0 Å². The van der Waals surface area contributed by atoms with Crippen molar-refractivity contribution >= 4 is 39.8 Å². The second kappa shape index (κ2) is 4.43. The first-order valence-corrected chi connectivity index (χ1v) is 4.96. The van der Waals surface area contributed by atoms with E-state index in [0.29, 0.717) is 14.9 Å². The van der Waals surface area contributed by atoms with E-state index in [-0.39, 0.29) is 12.3 Å². The number of carboxylic acid groups (broad SMARTS) is 1. The minimum atomic E-state index is -0.953. The maximum absolute atomic E-state index is 10.8. The third-order valence-electron chi connectivity index (χ3n) is 1.41. The summed E-state index contributed by atoms with van der Waals surface area (Å²) in [6, 6.07) is 1.55. The monoisotopic (exact) mass is 233 g/mol. The van der Waals surface area contributed by atoms with E-state index >= 15 is 0 Å². The van der Waals surface area contributed by atoms with Gasteiger partial charge in [-0.15, -0.1) is 11.3 Å². The molecule has 0 aliphatic rings. The molecule has 4 nitrogen and oxygen atoms in total. The van der Waals surface area contributed by atoms with Crippen molar-refractivity contribution in [3.05, 3.63) is 16.0 Å². The standard InChI is InChI=1S/C8H8ClNO3S/c1-4(11)10-8-5(3-7(12)13)2-6(9)14-8/h2H,3H2,1H3,(H,10,11)(H,12,13). The Balaban J connectivity index is 2.90. The topological polar surface area (TPSA) is 66.4 Å². The zero-order chi connectivity index (χ0) is 10.7. The number of anilines is 1. The molecular weight excluding hydrogens is 226 g/mol. The highest BCUT2D eigenvalue weighted by Gasteiger charge is 2.11. The Labute approximate surface area is 89.5 Å². The van der Waals surface area contributed by atoms with Crippen molar-refractivity contribution in [2.24, 2.45) is 0 Å². The van der Waals surface area contributed by atoms with Crippen molar-refractivity contribution in [3.63, 3.8) is 0 Å². The van der Waals surface area contributed by atoms with Crippen LogP contribution in [0.5, 0.6) is 0 Å². The number of carbonyl (C=O) groups is 2. The van der Waals surface area contributed by atoms with Crippen molar-refractivity contribution in [2.45, 2.75) is 13.3 Å². The van der Waals surface area contributed by atoms with Crippen LogP contribution in [0.25, 0.3) is 0 Å². The second-order valence-corrected chi connectivity index (χ2v) is 4.34. The number of rotatable bonds is 3. The van der Waals surface area contributed by atoms with Crippen LogP contribution >= 0.6 is 22.9 Å². The molecule has 0 saturated carbocycles. The number of hydrogen-bond donors (Lipinski definition) is 2. The van der Waals surface area contributed by atoms with Crippen LogP contribution in [0.3, 0.4) is 0 Å². The summed E-state index contributed by atoms with van der Waals surface area (Å²) in [4.78, 5) is 21.2. The van der Waals surface area contributed by atoms with Crippen molar-refractivity contribution in [3.8, 4) is 0 Å². The highest BCUT2D eigenvalue weighted by Crippen LogP contribution is 2.31. The number of thiophene rings is 1. The van der Waals surface area contributed by atoms with Gasteiger partial charge in [0.2, 0.25) is 5.91 Å². The van der Waals surface area contributed by atoms with Gasteiger partial charge in [0.05, 0.1) is 10.8 Å². The molecule has 0 fully saturated rings. The molecule has 1 amide bonds. The van der Waals surface area contributed by atoms with Crippen molar-refractivity contribution in [1.82, 2.24) is 0 Å². The fourth-order valence-corrected chi connectivity index (χ4v) is 2.17. The first-order chi connectivity index (χ1) is 6.49. The number of aliphatic carboxylic acids is 1. The van der Waals surface area contributed by atoms with Crippen LogP contribution in [0.4, 0.5) is 5.00 Å². The zero-order valence-corrected chi connectivity index (χ0v) is 8.91. The maximum atomic E-state index is 10.8. The molecule has 0 atom stereocenters. The van der Waals surface area contributed by atoms with Gasteiger partial charge in [-0.2, -0.15) is 0 Å². The van der Waals surface area contributed by atoms with Crippen molar-refractivity contribution in [2.75, 3.05) is 5.32 Å². The molecule has 1 heterocycles. The lowest BCUT2D eigenvalue weighted by molar-refractivity contribution is -0.136. The molecular formula is C8H8ClNO3S. The largest absolute Gasteiger partial charge is 0.481 e. The highest BCUT2D eigenvalue weighted by atomic mass is 35.5. The van der Waals surface area contributed by atoms with Gasteiger partial charge in [0.15, 0.2) is 0 Å². The molecule has 2 N–H and O–H groups in total. The number of carbonyl (C=O) groups excluding carboxylic acids is 1. The average molecular weight is 234 g/mol. The van der Waals surface area contributed by atoms with E-state index in [9.17, 15) is 9.59 Å². The quantitative estimate of drug-likeness (QED) is 0.839. The first-order valence-electron chi connectivity index (χ1n) is 3.76. The van der Waals surface area contributed by atoms with Crippen LogP contribution in [0.2, 0.25) is 4.34 Å². The third kappa shape index (κ3) is 3.01. The molecule has 0 aliphatic heterocycles. The molecule has 0 radical (unpaired) electrons. The average Bonchev–Trinajstić information content (AvgIpc) is 2.28.